The number of carbonyl (C=O) groups is 1. The summed E-state index contributed by atoms with van der Waals surface area (Å²) in [6.45, 7) is 0.509. The lowest BCUT2D eigenvalue weighted by Crippen LogP contribution is -2.11. The number of hydrogen-bond donors (Lipinski definition) is 3. The topological polar surface area (TPSA) is 107 Å². The summed E-state index contributed by atoms with van der Waals surface area (Å²) in [5.74, 6) is 0.506. The first-order valence-electron chi connectivity index (χ1n) is 8.06. The molecule has 1 aromatic heterocycles. The van der Waals surface area contributed by atoms with Crippen LogP contribution in [0.25, 0.3) is 11.3 Å². The molecule has 2 aromatic carbocycles. The molecule has 0 fully saturated rings. The molecule has 3 aromatic rings. The fourth-order valence-electron chi connectivity index (χ4n) is 2.64. The van der Waals surface area contributed by atoms with Gasteiger partial charge >= 0.3 is 0 Å². The van der Waals surface area contributed by atoms with E-state index >= 15 is 0 Å². The number of methoxy groups -OCH3 is 2. The molecule has 0 unspecified atom stereocenters. The summed E-state index contributed by atoms with van der Waals surface area (Å²) in [5.41, 5.74) is 7.67. The van der Waals surface area contributed by atoms with Crippen molar-refractivity contribution in [2.75, 3.05) is 19.5 Å². The van der Waals surface area contributed by atoms with Crippen molar-refractivity contribution in [2.24, 2.45) is 5.73 Å². The molecule has 0 bridgehead atoms. The molecule has 27 heavy (non-hydrogen) atoms. The number of rotatable bonds is 7. The molecule has 0 aliphatic carbocycles. The molecule has 0 atom stereocenters. The molecule has 0 aliphatic heterocycles. The summed E-state index contributed by atoms with van der Waals surface area (Å²) in [4.78, 5) is 15.9. The summed E-state index contributed by atoms with van der Waals surface area (Å²) in [5, 5.41) is 15.5. The van der Waals surface area contributed by atoms with E-state index in [1.807, 2.05) is 23.6 Å². The highest BCUT2D eigenvalue weighted by atomic mass is 32.1. The van der Waals surface area contributed by atoms with Crippen LogP contribution in [0.15, 0.2) is 41.8 Å². The average molecular weight is 385 g/mol. The average Bonchev–Trinajstić information content (AvgIpc) is 3.15. The van der Waals surface area contributed by atoms with Crippen molar-refractivity contribution in [1.82, 2.24) is 4.98 Å². The van der Waals surface area contributed by atoms with E-state index in [0.29, 0.717) is 34.4 Å². The van der Waals surface area contributed by atoms with Crippen molar-refractivity contribution in [3.05, 3.63) is 52.9 Å². The highest BCUT2D eigenvalue weighted by Crippen LogP contribution is 2.32. The van der Waals surface area contributed by atoms with Gasteiger partial charge in [0.05, 0.1) is 25.5 Å². The molecule has 0 saturated carbocycles. The number of ether oxygens (including phenoxy) is 2. The molecule has 0 saturated heterocycles. The van der Waals surface area contributed by atoms with Gasteiger partial charge in [0.15, 0.2) is 16.6 Å². The van der Waals surface area contributed by atoms with Crippen molar-refractivity contribution in [3.8, 4) is 28.5 Å². The molecular weight excluding hydrogens is 366 g/mol. The highest BCUT2D eigenvalue weighted by Gasteiger charge is 2.13. The number of phenols is 1. The van der Waals surface area contributed by atoms with E-state index in [-0.39, 0.29) is 11.3 Å². The van der Waals surface area contributed by atoms with Gasteiger partial charge in [-0.3, -0.25) is 4.79 Å². The van der Waals surface area contributed by atoms with E-state index in [9.17, 15) is 9.90 Å². The van der Waals surface area contributed by atoms with Gasteiger partial charge in [-0.15, -0.1) is 11.3 Å². The number of para-hydroxylation sites is 1. The minimum atomic E-state index is -0.687. The Kier molecular flexibility index (Phi) is 5.46. The molecule has 8 heteroatoms. The molecule has 0 spiro atoms. The van der Waals surface area contributed by atoms with Crippen LogP contribution >= 0.6 is 11.3 Å². The summed E-state index contributed by atoms with van der Waals surface area (Å²) in [7, 11) is 3.20. The third-order valence-electron chi connectivity index (χ3n) is 3.98. The normalized spacial score (nSPS) is 10.4. The third-order valence-corrected chi connectivity index (χ3v) is 4.78. The minimum absolute atomic E-state index is 0.0659. The van der Waals surface area contributed by atoms with Crippen LogP contribution in [-0.4, -0.2) is 30.2 Å². The first-order chi connectivity index (χ1) is 13.0. The van der Waals surface area contributed by atoms with Gasteiger partial charge in [0.25, 0.3) is 5.91 Å². The van der Waals surface area contributed by atoms with Crippen LogP contribution in [0.3, 0.4) is 0 Å². The maximum absolute atomic E-state index is 11.4. The monoisotopic (exact) mass is 385 g/mol. The smallest absolute Gasteiger partial charge is 0.252 e. The van der Waals surface area contributed by atoms with Gasteiger partial charge in [0, 0.05) is 23.1 Å². The van der Waals surface area contributed by atoms with Gasteiger partial charge in [0.2, 0.25) is 0 Å². The number of benzene rings is 2. The Morgan fingerprint density at radius 1 is 1.26 bits per heavy atom. The van der Waals surface area contributed by atoms with E-state index in [0.717, 1.165) is 5.56 Å². The number of amides is 1. The Hall–Kier alpha value is -3.26. The number of primary amides is 1. The summed E-state index contributed by atoms with van der Waals surface area (Å²) < 4.78 is 10.7. The lowest BCUT2D eigenvalue weighted by Gasteiger charge is -2.12. The number of nitrogens with two attached hydrogens (primary N) is 1. The van der Waals surface area contributed by atoms with E-state index in [1.54, 1.807) is 20.3 Å². The van der Waals surface area contributed by atoms with Crippen LogP contribution in [0, 0.1) is 0 Å². The molecule has 140 valence electrons. The summed E-state index contributed by atoms with van der Waals surface area (Å²) in [6.07, 6.45) is 0. The minimum Gasteiger partial charge on any atom is -0.507 e. The van der Waals surface area contributed by atoms with Gasteiger partial charge in [-0.1, -0.05) is 12.1 Å². The van der Waals surface area contributed by atoms with Crippen LogP contribution < -0.4 is 20.5 Å². The Bertz CT molecular complexity index is 971. The predicted octanol–water partition coefficient (Wildman–Crippen LogP) is 3.24. The van der Waals surface area contributed by atoms with Gasteiger partial charge in [-0.05, 0) is 24.3 Å². The fraction of sp³-hybridized carbons (Fsp3) is 0.158. The number of aromatic nitrogens is 1. The lowest BCUT2D eigenvalue weighted by molar-refractivity contribution is 0.0998. The number of hydrogen-bond acceptors (Lipinski definition) is 7. The highest BCUT2D eigenvalue weighted by molar-refractivity contribution is 7.14. The number of nitrogens with one attached hydrogen (secondary N) is 1. The first kappa shape index (κ1) is 18.5. The zero-order valence-corrected chi connectivity index (χ0v) is 15.7. The molecule has 1 heterocycles. The quantitative estimate of drug-likeness (QED) is 0.576. The molecule has 1 amide bonds. The van der Waals surface area contributed by atoms with Gasteiger partial charge in [0.1, 0.15) is 5.75 Å². The van der Waals surface area contributed by atoms with Crippen molar-refractivity contribution < 1.29 is 19.4 Å². The number of thiazole rings is 1. The largest absolute Gasteiger partial charge is 0.507 e. The lowest BCUT2D eigenvalue weighted by atomic mass is 10.1. The molecule has 0 aliphatic rings. The Balaban J connectivity index is 1.78. The molecule has 4 N–H and O–H groups in total. The Morgan fingerprint density at radius 3 is 2.78 bits per heavy atom. The van der Waals surface area contributed by atoms with E-state index in [2.05, 4.69) is 10.3 Å². The Morgan fingerprint density at radius 2 is 2.07 bits per heavy atom. The van der Waals surface area contributed by atoms with Gasteiger partial charge in [-0.2, -0.15) is 0 Å². The first-order valence-corrected chi connectivity index (χ1v) is 8.94. The number of anilines is 1. The van der Waals surface area contributed by atoms with Gasteiger partial charge in [-0.25, -0.2) is 4.98 Å². The number of aromatic hydroxyl groups is 1. The van der Waals surface area contributed by atoms with E-state index in [4.69, 9.17) is 15.2 Å². The van der Waals surface area contributed by atoms with Crippen molar-refractivity contribution in [1.29, 1.82) is 0 Å². The van der Waals surface area contributed by atoms with E-state index in [1.165, 1.54) is 23.5 Å². The van der Waals surface area contributed by atoms with Crippen LogP contribution in [0.4, 0.5) is 5.13 Å². The summed E-state index contributed by atoms with van der Waals surface area (Å²) in [6, 6.07) is 10.3. The van der Waals surface area contributed by atoms with Crippen LogP contribution in [0.1, 0.15) is 15.9 Å². The Labute approximate surface area is 160 Å². The zero-order chi connectivity index (χ0) is 19.4. The van der Waals surface area contributed by atoms with Crippen molar-refractivity contribution in [2.45, 2.75) is 6.54 Å². The number of nitrogens with zero attached hydrogens (tertiary/aromatic N) is 1. The van der Waals surface area contributed by atoms with Crippen LogP contribution in [0.5, 0.6) is 17.2 Å². The number of carbonyl (C=O) groups excluding carboxylic acids is 1. The third kappa shape index (κ3) is 3.95. The van der Waals surface area contributed by atoms with Crippen molar-refractivity contribution >= 4 is 22.4 Å². The molecular formula is C19H19N3O4S. The van der Waals surface area contributed by atoms with Crippen LogP contribution in [-0.2, 0) is 6.54 Å². The molecule has 0 radical (unpaired) electrons. The molecule has 7 nitrogen and oxygen atoms in total. The summed E-state index contributed by atoms with van der Waals surface area (Å²) >= 11 is 1.43. The van der Waals surface area contributed by atoms with Crippen molar-refractivity contribution in [3.63, 3.8) is 0 Å². The standard InChI is InChI=1S/C19H19N3O4S/c1-25-16-5-3-4-12(17(16)26-2)9-21-19-22-14(10-27-19)11-6-7-15(23)13(8-11)18(20)24/h3-8,10,23H,9H2,1-2H3,(H2,20,24)(H,21,22). The SMILES string of the molecule is COc1cccc(CNc2nc(-c3ccc(O)c(C(N)=O)c3)cs2)c1OC. The second kappa shape index (κ2) is 7.96. The second-order valence-electron chi connectivity index (χ2n) is 5.64. The molecule has 3 rings (SSSR count). The maximum Gasteiger partial charge on any atom is 0.252 e. The fourth-order valence-corrected chi connectivity index (χ4v) is 3.36. The maximum atomic E-state index is 11.4. The zero-order valence-electron chi connectivity index (χ0n) is 14.9. The van der Waals surface area contributed by atoms with Crippen LogP contribution in [0.2, 0.25) is 0 Å². The van der Waals surface area contributed by atoms with E-state index < -0.39 is 5.91 Å². The second-order valence-corrected chi connectivity index (χ2v) is 6.50. The van der Waals surface area contributed by atoms with Gasteiger partial charge < -0.3 is 25.6 Å². The predicted molar refractivity (Wildman–Crippen MR) is 105 cm³/mol.